The van der Waals surface area contributed by atoms with Crippen LogP contribution >= 0.6 is 31.3 Å². The Kier molecular flexibility index (Phi) is 46.5. The Morgan fingerprint density at radius 1 is 0.417 bits per heavy atom. The number of phosphoric acid groups is 4. The first-order valence-corrected chi connectivity index (χ1v) is 8.76. The van der Waals surface area contributed by atoms with Crippen LogP contribution in [0.1, 0.15) is 0 Å². The second-order valence-corrected chi connectivity index (χ2v) is 5.37. The summed E-state index contributed by atoms with van der Waals surface area (Å²) in [4.78, 5) is 103. The van der Waals surface area contributed by atoms with E-state index < -0.39 is 31.3 Å². The summed E-state index contributed by atoms with van der Waals surface area (Å²) in [6.07, 6.45) is 0. The van der Waals surface area contributed by atoms with Gasteiger partial charge in [0.05, 0.1) is 0 Å². The van der Waals surface area contributed by atoms with Crippen LogP contribution in [0.3, 0.4) is 0 Å². The molecular weight excluding hydrogens is 534 g/mol. The van der Waals surface area contributed by atoms with Gasteiger partial charge in [0.25, 0.3) is 0 Å². The summed E-state index contributed by atoms with van der Waals surface area (Å²) in [5.74, 6) is 0. The molecule has 16 nitrogen and oxygen atoms in total. The minimum Gasteiger partial charge on any atom is -0.822 e. The third kappa shape index (κ3) is 1760. The first-order valence-electron chi connectivity index (χ1n) is 2.92. The van der Waals surface area contributed by atoms with Crippen molar-refractivity contribution in [3.8, 4) is 0 Å². The van der Waals surface area contributed by atoms with Crippen molar-refractivity contribution in [1.29, 1.82) is 0 Å². The van der Waals surface area contributed by atoms with E-state index in [1.807, 2.05) is 0 Å². The maximum absolute atomic E-state index is 8.55. The van der Waals surface area contributed by atoms with Crippen molar-refractivity contribution >= 4 is 66.2 Å². The molecule has 0 heterocycles. The van der Waals surface area contributed by atoms with Crippen molar-refractivity contribution in [2.45, 2.75) is 0 Å². The molecule has 0 radical (unpaired) electrons. The topological polar surface area (TPSA) is 345 Å². The Hall–Kier alpha value is 2.83. The summed E-state index contributed by atoms with van der Waals surface area (Å²) in [5.41, 5.74) is 0. The van der Waals surface area contributed by atoms with E-state index in [0.717, 1.165) is 0 Å². The van der Waals surface area contributed by atoms with Crippen LogP contribution in [0.25, 0.3) is 0 Å². The molecule has 24 heteroatoms. The average molecular weight is 534 g/mol. The molecule has 0 N–H and O–H groups in total. The molecule has 0 aliphatic heterocycles. The van der Waals surface area contributed by atoms with Gasteiger partial charge in [-0.05, 0) is 0 Å². The zero-order valence-corrected chi connectivity index (χ0v) is 19.3. The predicted molar refractivity (Wildman–Crippen MR) is 41.9 cm³/mol. The summed E-state index contributed by atoms with van der Waals surface area (Å²) in [5, 5.41) is 0. The fourth-order valence-corrected chi connectivity index (χ4v) is 0. The van der Waals surface area contributed by atoms with Crippen LogP contribution in [0.2, 0.25) is 0 Å². The van der Waals surface area contributed by atoms with E-state index in [2.05, 4.69) is 0 Å². The van der Waals surface area contributed by atoms with Gasteiger partial charge in [-0.3, -0.25) is 0 Å². The van der Waals surface area contributed by atoms with E-state index in [1.54, 1.807) is 0 Å². The van der Waals surface area contributed by atoms with E-state index in [0.29, 0.717) is 0 Å². The van der Waals surface area contributed by atoms with Crippen molar-refractivity contribution in [2.24, 2.45) is 0 Å². The Morgan fingerprint density at radius 3 is 0.417 bits per heavy atom. The standard InChI is InChI=1S/Al.Ge.Li.4H3O4P.Ti/c;;;4*1-5(2,3)4;/h;;;4*(H3,1,2,3,4);/q+3;+4;+1;;;;;+4/p-12. The molecule has 0 rings (SSSR count). The van der Waals surface area contributed by atoms with Crippen molar-refractivity contribution < 1.29 is 118 Å². The normalized spacial score (nSPS) is 9.83. The van der Waals surface area contributed by atoms with Gasteiger partial charge in [-0.15, -0.1) is 0 Å². The summed E-state index contributed by atoms with van der Waals surface area (Å²) in [6, 6.07) is 0. The van der Waals surface area contributed by atoms with E-state index in [-0.39, 0.29) is 75.5 Å². The van der Waals surface area contributed by atoms with Crippen molar-refractivity contribution in [1.82, 2.24) is 0 Å². The van der Waals surface area contributed by atoms with E-state index in [1.165, 1.54) is 0 Å². The molecule has 0 aromatic carbocycles. The van der Waals surface area contributed by atoms with Gasteiger partial charge in [0.2, 0.25) is 0 Å². The first-order chi connectivity index (χ1) is 8.00. The summed E-state index contributed by atoms with van der Waals surface area (Å²) in [6.45, 7) is 0. The van der Waals surface area contributed by atoms with E-state index in [4.69, 9.17) is 77.0 Å². The molecule has 0 aromatic heterocycles. The molecule has 0 bridgehead atoms. The molecule has 0 aromatic rings. The summed E-state index contributed by atoms with van der Waals surface area (Å²) >= 11 is 0. The maximum Gasteiger partial charge on any atom is 4.00 e. The van der Waals surface area contributed by atoms with Crippen LogP contribution in [0.4, 0.5) is 0 Å². The first kappa shape index (κ1) is 50.5. The molecule has 0 amide bonds. The van der Waals surface area contributed by atoms with Crippen LogP contribution in [0.15, 0.2) is 0 Å². The summed E-state index contributed by atoms with van der Waals surface area (Å²) < 4.78 is 34.2. The molecule has 128 valence electrons. The Labute approximate surface area is 182 Å². The minimum absolute atomic E-state index is 0. The quantitative estimate of drug-likeness (QED) is 0.205. The Morgan fingerprint density at radius 2 is 0.417 bits per heavy atom. The molecular formula is AlGeLiO16P4Ti. The third-order valence-corrected chi connectivity index (χ3v) is 0. The van der Waals surface area contributed by atoms with E-state index in [9.17, 15) is 0 Å². The molecule has 0 saturated carbocycles. The van der Waals surface area contributed by atoms with Gasteiger partial charge >= 0.3 is 75.5 Å². The van der Waals surface area contributed by atoms with Crippen LogP contribution < -0.4 is 77.6 Å². The van der Waals surface area contributed by atoms with Crippen LogP contribution in [-0.4, -0.2) is 35.0 Å². The maximum atomic E-state index is 8.55. The second-order valence-electron chi connectivity index (χ2n) is 1.79. The van der Waals surface area contributed by atoms with E-state index >= 15 is 0 Å². The zero-order chi connectivity index (χ0) is 18.0. The van der Waals surface area contributed by atoms with Gasteiger partial charge in [-0.1, -0.05) is 0 Å². The van der Waals surface area contributed by atoms with Crippen LogP contribution in [0, 0.1) is 0 Å². The summed E-state index contributed by atoms with van der Waals surface area (Å²) in [7, 11) is -21.6. The molecule has 0 saturated heterocycles. The zero-order valence-electron chi connectivity index (χ0n) is 10.9. The monoisotopic (exact) mass is 536 g/mol. The van der Waals surface area contributed by atoms with Gasteiger partial charge in [0.15, 0.2) is 0 Å². The van der Waals surface area contributed by atoms with Gasteiger partial charge in [0.1, 0.15) is 0 Å². The molecule has 0 atom stereocenters. The molecule has 0 unspecified atom stereocenters. The number of hydrogen-bond acceptors (Lipinski definition) is 16. The van der Waals surface area contributed by atoms with Gasteiger partial charge < -0.3 is 77.0 Å². The van der Waals surface area contributed by atoms with Crippen molar-refractivity contribution in [2.75, 3.05) is 0 Å². The Balaban J connectivity index is -0.0000000225. The third-order valence-electron chi connectivity index (χ3n) is 0. The van der Waals surface area contributed by atoms with Crippen LogP contribution in [0.5, 0.6) is 0 Å². The van der Waals surface area contributed by atoms with Gasteiger partial charge in [0, 0.05) is 0 Å². The van der Waals surface area contributed by atoms with Crippen molar-refractivity contribution in [3.05, 3.63) is 0 Å². The fraction of sp³-hybridized carbons (Fsp3) is 0. The Bertz CT molecular complexity index is 303. The number of hydrogen-bond donors (Lipinski definition) is 0. The minimum atomic E-state index is -5.39. The molecule has 0 spiro atoms. The smallest absolute Gasteiger partial charge is 0.822 e. The largest absolute Gasteiger partial charge is 4.00 e. The van der Waals surface area contributed by atoms with Gasteiger partial charge in [-0.25, -0.2) is 0 Å². The van der Waals surface area contributed by atoms with Crippen molar-refractivity contribution in [3.63, 3.8) is 0 Å². The molecule has 0 aliphatic rings. The average Bonchev–Trinajstić information content (AvgIpc) is 1.62. The van der Waals surface area contributed by atoms with Gasteiger partial charge in [-0.2, -0.15) is 31.3 Å². The molecule has 0 aliphatic carbocycles. The SMILES string of the molecule is O=P([O-])([O-])[O-].O=P([O-])([O-])[O-].O=P([O-])([O-])[O-].O=P([O-])([O-])[O-].[Al+3].[Ge+4].[Li+].[Ti+4]. The molecule has 0 fully saturated rings. The fourth-order valence-electron chi connectivity index (χ4n) is 0. The molecule has 24 heavy (non-hydrogen) atoms. The predicted octanol–water partition coefficient (Wildman–Crippen LogP) is -15.1. The number of rotatable bonds is 0. The van der Waals surface area contributed by atoms with Crippen LogP contribution in [-0.2, 0) is 40.0 Å². The second kappa shape index (κ2) is 22.1.